The number of hydrogen-bond donors (Lipinski definition) is 2. The van der Waals surface area contributed by atoms with Crippen molar-refractivity contribution >= 4 is 5.91 Å². The number of amides is 1. The maximum Gasteiger partial charge on any atom is 0.328 e. The van der Waals surface area contributed by atoms with Gasteiger partial charge in [0.2, 0.25) is 0 Å². The van der Waals surface area contributed by atoms with Crippen LogP contribution in [-0.2, 0) is 13.6 Å². The molecule has 0 saturated heterocycles. The molecule has 0 bridgehead atoms. The van der Waals surface area contributed by atoms with Gasteiger partial charge in [-0.15, -0.1) is 0 Å². The molecule has 2 rings (SSSR count). The molecule has 6 nitrogen and oxygen atoms in total. The third-order valence-corrected chi connectivity index (χ3v) is 2.72. The highest BCUT2D eigenvalue weighted by Crippen LogP contribution is 2.05. The van der Waals surface area contributed by atoms with Crippen molar-refractivity contribution < 1.29 is 4.79 Å². The zero-order valence-electron chi connectivity index (χ0n) is 9.96. The number of nitrogens with zero attached hydrogens (tertiary/aromatic N) is 2. The average molecular weight is 246 g/mol. The van der Waals surface area contributed by atoms with Crippen LogP contribution in [0.2, 0.25) is 0 Å². The van der Waals surface area contributed by atoms with Crippen molar-refractivity contribution in [3.63, 3.8) is 0 Å². The van der Waals surface area contributed by atoms with Crippen molar-refractivity contribution in [3.8, 4) is 0 Å². The molecule has 1 aromatic heterocycles. The van der Waals surface area contributed by atoms with Gasteiger partial charge in [0.1, 0.15) is 0 Å². The van der Waals surface area contributed by atoms with Gasteiger partial charge in [-0.3, -0.25) is 14.8 Å². The number of hydrogen-bond acceptors (Lipinski definition) is 3. The fraction of sp³-hybridized carbons (Fsp3) is 0.167. The summed E-state index contributed by atoms with van der Waals surface area (Å²) < 4.78 is 3.11. The fourth-order valence-corrected chi connectivity index (χ4v) is 1.67. The minimum absolute atomic E-state index is 0.0706. The number of imidazole rings is 1. The molecule has 2 aromatic rings. The van der Waals surface area contributed by atoms with Crippen LogP contribution in [0.5, 0.6) is 0 Å². The van der Waals surface area contributed by atoms with Crippen LogP contribution in [0.3, 0.4) is 0 Å². The Morgan fingerprint density at radius 1 is 1.28 bits per heavy atom. The van der Waals surface area contributed by atoms with Gasteiger partial charge >= 0.3 is 5.69 Å². The summed E-state index contributed by atoms with van der Waals surface area (Å²) in [6.45, 7) is 0.476. The number of nitrogen functional groups attached to an aromatic ring is 1. The minimum Gasteiger partial charge on any atom is -0.302 e. The van der Waals surface area contributed by atoms with Gasteiger partial charge in [0.05, 0.1) is 6.54 Å². The lowest BCUT2D eigenvalue weighted by Crippen LogP contribution is -2.29. The van der Waals surface area contributed by atoms with E-state index in [1.807, 2.05) is 0 Å². The summed E-state index contributed by atoms with van der Waals surface area (Å²) in [6, 6.07) is 6.94. The summed E-state index contributed by atoms with van der Waals surface area (Å²) in [4.78, 5) is 22.9. The van der Waals surface area contributed by atoms with Gasteiger partial charge in [-0.1, -0.05) is 12.1 Å². The first-order chi connectivity index (χ1) is 8.61. The van der Waals surface area contributed by atoms with Crippen molar-refractivity contribution in [2.45, 2.75) is 6.54 Å². The molecular weight excluding hydrogens is 232 g/mol. The van der Waals surface area contributed by atoms with Crippen molar-refractivity contribution in [2.75, 3.05) is 0 Å². The van der Waals surface area contributed by atoms with Gasteiger partial charge in [-0.25, -0.2) is 10.6 Å². The fourth-order valence-electron chi connectivity index (χ4n) is 1.67. The van der Waals surface area contributed by atoms with Crippen LogP contribution in [0.4, 0.5) is 0 Å². The lowest BCUT2D eigenvalue weighted by molar-refractivity contribution is 0.0953. The molecule has 0 aliphatic rings. The highest BCUT2D eigenvalue weighted by atomic mass is 16.2. The molecule has 0 atom stereocenters. The first kappa shape index (κ1) is 12.1. The van der Waals surface area contributed by atoms with Crippen molar-refractivity contribution in [3.05, 3.63) is 58.3 Å². The molecule has 0 radical (unpaired) electrons. The van der Waals surface area contributed by atoms with Gasteiger partial charge in [0.15, 0.2) is 0 Å². The molecule has 0 saturated carbocycles. The molecule has 1 heterocycles. The van der Waals surface area contributed by atoms with Crippen LogP contribution in [0, 0.1) is 0 Å². The Morgan fingerprint density at radius 2 is 1.94 bits per heavy atom. The number of nitrogens with two attached hydrogens (primary N) is 1. The summed E-state index contributed by atoms with van der Waals surface area (Å²) in [5.74, 6) is 4.71. The van der Waals surface area contributed by atoms with E-state index in [-0.39, 0.29) is 11.6 Å². The van der Waals surface area contributed by atoms with Crippen molar-refractivity contribution in [2.24, 2.45) is 12.9 Å². The maximum atomic E-state index is 11.6. The van der Waals surface area contributed by atoms with Gasteiger partial charge in [0, 0.05) is 25.0 Å². The number of aromatic nitrogens is 2. The summed E-state index contributed by atoms with van der Waals surface area (Å²) in [6.07, 6.45) is 3.43. The van der Waals surface area contributed by atoms with Crippen molar-refractivity contribution in [1.82, 2.24) is 14.6 Å². The van der Waals surface area contributed by atoms with E-state index in [9.17, 15) is 9.59 Å². The van der Waals surface area contributed by atoms with Crippen LogP contribution >= 0.6 is 0 Å². The molecular formula is C12H14N4O2. The first-order valence-corrected chi connectivity index (χ1v) is 5.43. The number of benzene rings is 1. The van der Waals surface area contributed by atoms with Crippen LogP contribution in [0.1, 0.15) is 15.9 Å². The molecule has 0 spiro atoms. The second kappa shape index (κ2) is 4.89. The number of carbonyl (C=O) groups is 1. The topological polar surface area (TPSA) is 82.1 Å². The highest BCUT2D eigenvalue weighted by molar-refractivity contribution is 5.93. The van der Waals surface area contributed by atoms with E-state index in [4.69, 9.17) is 5.84 Å². The van der Waals surface area contributed by atoms with Crippen LogP contribution < -0.4 is 17.0 Å². The zero-order valence-corrected chi connectivity index (χ0v) is 9.96. The molecule has 3 N–H and O–H groups in total. The minimum atomic E-state index is -0.335. The number of carbonyl (C=O) groups excluding carboxylic acids is 1. The number of nitrogens with one attached hydrogen (secondary N) is 1. The van der Waals surface area contributed by atoms with E-state index in [0.29, 0.717) is 12.1 Å². The first-order valence-electron chi connectivity index (χ1n) is 5.43. The zero-order chi connectivity index (χ0) is 13.1. The van der Waals surface area contributed by atoms with E-state index in [1.165, 1.54) is 4.57 Å². The predicted octanol–water partition coefficient (Wildman–Crippen LogP) is -0.161. The molecule has 94 valence electrons. The number of hydrazine groups is 1. The average Bonchev–Trinajstić information content (AvgIpc) is 2.71. The molecule has 0 aliphatic heterocycles. The summed E-state index contributed by atoms with van der Waals surface area (Å²) in [5, 5.41) is 0. The van der Waals surface area contributed by atoms with Gasteiger partial charge < -0.3 is 4.57 Å². The SMILES string of the molecule is Cn1ccn(Cc2ccc(C(=O)NN)cc2)c1=O. The summed E-state index contributed by atoms with van der Waals surface area (Å²) >= 11 is 0. The Labute approximate surface area is 104 Å². The number of rotatable bonds is 3. The summed E-state index contributed by atoms with van der Waals surface area (Å²) in [5.41, 5.74) is 3.42. The molecule has 18 heavy (non-hydrogen) atoms. The Bertz CT molecular complexity index is 610. The third kappa shape index (κ3) is 2.33. The van der Waals surface area contributed by atoms with Crippen LogP contribution in [0.25, 0.3) is 0 Å². The maximum absolute atomic E-state index is 11.6. The summed E-state index contributed by atoms with van der Waals surface area (Å²) in [7, 11) is 1.70. The standard InChI is InChI=1S/C12H14N4O2/c1-15-6-7-16(12(15)18)8-9-2-4-10(5-3-9)11(17)14-13/h2-7H,8,13H2,1H3,(H,14,17). The second-order valence-electron chi connectivity index (χ2n) is 3.99. The third-order valence-electron chi connectivity index (χ3n) is 2.72. The van der Waals surface area contributed by atoms with E-state index < -0.39 is 0 Å². The monoisotopic (exact) mass is 246 g/mol. The van der Waals surface area contributed by atoms with E-state index in [2.05, 4.69) is 5.43 Å². The lowest BCUT2D eigenvalue weighted by Gasteiger charge is -2.03. The Hall–Kier alpha value is -2.34. The number of aryl methyl sites for hydroxylation is 1. The van der Waals surface area contributed by atoms with Gasteiger partial charge in [0.25, 0.3) is 5.91 Å². The smallest absolute Gasteiger partial charge is 0.302 e. The lowest BCUT2D eigenvalue weighted by atomic mass is 10.1. The predicted molar refractivity (Wildman–Crippen MR) is 66.9 cm³/mol. The van der Waals surface area contributed by atoms with Crippen LogP contribution in [-0.4, -0.2) is 15.0 Å². The van der Waals surface area contributed by atoms with E-state index >= 15 is 0 Å². The molecule has 0 unspecified atom stereocenters. The van der Waals surface area contributed by atoms with Crippen molar-refractivity contribution in [1.29, 1.82) is 0 Å². The molecule has 0 aliphatic carbocycles. The van der Waals surface area contributed by atoms with E-state index in [0.717, 1.165) is 5.56 Å². The second-order valence-corrected chi connectivity index (χ2v) is 3.99. The molecule has 0 fully saturated rings. The molecule has 1 aromatic carbocycles. The molecule has 6 heteroatoms. The quantitative estimate of drug-likeness (QED) is 0.448. The molecule has 1 amide bonds. The Kier molecular flexibility index (Phi) is 3.29. The van der Waals surface area contributed by atoms with Gasteiger partial charge in [-0.2, -0.15) is 0 Å². The largest absolute Gasteiger partial charge is 0.328 e. The van der Waals surface area contributed by atoms with Crippen LogP contribution in [0.15, 0.2) is 41.5 Å². The highest BCUT2D eigenvalue weighted by Gasteiger charge is 2.04. The van der Waals surface area contributed by atoms with E-state index in [1.54, 1.807) is 48.3 Å². The Morgan fingerprint density at radius 3 is 2.44 bits per heavy atom. The Balaban J connectivity index is 2.18. The van der Waals surface area contributed by atoms with Gasteiger partial charge in [-0.05, 0) is 17.7 Å². The normalized spacial score (nSPS) is 10.3.